The van der Waals surface area contributed by atoms with E-state index < -0.39 is 11.7 Å². The summed E-state index contributed by atoms with van der Waals surface area (Å²) in [5, 5.41) is 6.20. The Bertz CT molecular complexity index is 741. The second kappa shape index (κ2) is 7.21. The van der Waals surface area contributed by atoms with Crippen molar-refractivity contribution in [1.29, 1.82) is 0 Å². The van der Waals surface area contributed by atoms with Gasteiger partial charge in [0.1, 0.15) is 0 Å². The summed E-state index contributed by atoms with van der Waals surface area (Å²) in [6.07, 6.45) is -4.38. The quantitative estimate of drug-likeness (QED) is 0.726. The van der Waals surface area contributed by atoms with Gasteiger partial charge in [-0.15, -0.1) is 0 Å². The third-order valence-electron chi connectivity index (χ3n) is 3.70. The van der Waals surface area contributed by atoms with E-state index in [1.165, 1.54) is 6.07 Å². The number of rotatable bonds is 3. The van der Waals surface area contributed by atoms with Crippen LogP contribution in [0.15, 0.2) is 42.5 Å². The van der Waals surface area contributed by atoms with Gasteiger partial charge in [-0.2, -0.15) is 13.2 Å². The number of nitrogens with one attached hydrogen (secondary N) is 2. The first-order valence-corrected chi connectivity index (χ1v) is 7.89. The molecule has 0 aliphatic carbocycles. The third-order valence-corrected chi connectivity index (χ3v) is 3.92. The first-order valence-electron chi connectivity index (χ1n) is 7.49. The van der Waals surface area contributed by atoms with Crippen molar-refractivity contribution < 1.29 is 13.2 Å². The van der Waals surface area contributed by atoms with Crippen molar-refractivity contribution in [3.63, 3.8) is 0 Å². The van der Waals surface area contributed by atoms with Crippen molar-refractivity contribution in [3.8, 4) is 0 Å². The molecule has 0 heterocycles. The van der Waals surface area contributed by atoms with Crippen molar-refractivity contribution >= 4 is 23.0 Å². The molecule has 0 aliphatic heterocycles. The van der Waals surface area contributed by atoms with Crippen molar-refractivity contribution in [3.05, 3.63) is 64.7 Å². The molecule has 0 spiro atoms. The van der Waals surface area contributed by atoms with E-state index in [1.807, 2.05) is 32.9 Å². The third kappa shape index (κ3) is 4.71. The normalized spacial score (nSPS) is 12.6. The molecule has 0 saturated heterocycles. The highest BCUT2D eigenvalue weighted by Gasteiger charge is 2.30. The van der Waals surface area contributed by atoms with E-state index in [2.05, 4.69) is 16.7 Å². The van der Waals surface area contributed by atoms with E-state index in [-0.39, 0.29) is 11.2 Å². The Morgan fingerprint density at radius 3 is 2.46 bits per heavy atom. The molecular formula is C18H19F3N2S. The van der Waals surface area contributed by atoms with Gasteiger partial charge in [-0.1, -0.05) is 29.8 Å². The molecule has 0 bridgehead atoms. The summed E-state index contributed by atoms with van der Waals surface area (Å²) in [5.74, 6) is 0. The molecule has 2 nitrogen and oxygen atoms in total. The number of hydrogen-bond acceptors (Lipinski definition) is 1. The molecule has 2 aromatic carbocycles. The largest absolute Gasteiger partial charge is 0.416 e. The monoisotopic (exact) mass is 352 g/mol. The molecular weight excluding hydrogens is 333 g/mol. The summed E-state index contributed by atoms with van der Waals surface area (Å²) in [6, 6.07) is 11.0. The predicted molar refractivity (Wildman–Crippen MR) is 95.1 cm³/mol. The Hall–Kier alpha value is -2.08. The van der Waals surface area contributed by atoms with E-state index in [9.17, 15) is 13.2 Å². The zero-order chi connectivity index (χ0) is 17.9. The Morgan fingerprint density at radius 1 is 1.08 bits per heavy atom. The molecule has 0 aliphatic rings. The van der Waals surface area contributed by atoms with Crippen LogP contribution in [0.4, 0.5) is 18.9 Å². The summed E-state index contributed by atoms with van der Waals surface area (Å²) in [7, 11) is 0. The fourth-order valence-electron chi connectivity index (χ4n) is 2.44. The van der Waals surface area contributed by atoms with Gasteiger partial charge < -0.3 is 10.6 Å². The standard InChI is InChI=1S/C18H19F3N2S/c1-11-7-8-12(2)16(9-11)13(3)22-17(24)23-15-6-4-5-14(10-15)18(19,20)21/h4-10,13H,1-3H3,(H2,22,23,24)/t13-/m1/s1. The van der Waals surface area contributed by atoms with E-state index in [4.69, 9.17) is 12.2 Å². The number of thiocarbonyl (C=S) groups is 1. The number of anilines is 1. The molecule has 6 heteroatoms. The van der Waals surface area contributed by atoms with Gasteiger partial charge in [-0.3, -0.25) is 0 Å². The van der Waals surface area contributed by atoms with Crippen LogP contribution < -0.4 is 10.6 Å². The van der Waals surface area contributed by atoms with Crippen LogP contribution >= 0.6 is 12.2 Å². The second-order valence-corrected chi connectivity index (χ2v) is 6.17. The number of benzene rings is 2. The van der Waals surface area contributed by atoms with Gasteiger partial charge >= 0.3 is 6.18 Å². The molecule has 0 saturated carbocycles. The molecule has 0 aromatic heterocycles. The van der Waals surface area contributed by atoms with Gasteiger partial charge in [0.2, 0.25) is 0 Å². The number of hydrogen-bond donors (Lipinski definition) is 2. The van der Waals surface area contributed by atoms with Gasteiger partial charge in [-0.05, 0) is 62.3 Å². The van der Waals surface area contributed by atoms with E-state index in [0.717, 1.165) is 28.8 Å². The second-order valence-electron chi connectivity index (χ2n) is 5.76. The van der Waals surface area contributed by atoms with Crippen molar-refractivity contribution in [1.82, 2.24) is 5.32 Å². The molecule has 2 aromatic rings. The van der Waals surface area contributed by atoms with Crippen LogP contribution in [0.2, 0.25) is 0 Å². The average molecular weight is 352 g/mol. The minimum Gasteiger partial charge on any atom is -0.356 e. The smallest absolute Gasteiger partial charge is 0.356 e. The molecule has 2 rings (SSSR count). The van der Waals surface area contributed by atoms with E-state index >= 15 is 0 Å². The highest BCUT2D eigenvalue weighted by Crippen LogP contribution is 2.30. The van der Waals surface area contributed by atoms with Crippen molar-refractivity contribution in [2.75, 3.05) is 5.32 Å². The van der Waals surface area contributed by atoms with Crippen molar-refractivity contribution in [2.24, 2.45) is 0 Å². The van der Waals surface area contributed by atoms with Crippen LogP contribution in [0.3, 0.4) is 0 Å². The van der Waals surface area contributed by atoms with Crippen LogP contribution in [0.5, 0.6) is 0 Å². The van der Waals surface area contributed by atoms with Crippen molar-refractivity contribution in [2.45, 2.75) is 33.0 Å². The summed E-state index contributed by atoms with van der Waals surface area (Å²) in [4.78, 5) is 0. The zero-order valence-electron chi connectivity index (χ0n) is 13.7. The highest BCUT2D eigenvalue weighted by molar-refractivity contribution is 7.80. The lowest BCUT2D eigenvalue weighted by Gasteiger charge is -2.20. The molecule has 128 valence electrons. The Labute approximate surface area is 145 Å². The number of halogens is 3. The van der Waals surface area contributed by atoms with Crippen LogP contribution in [-0.4, -0.2) is 5.11 Å². The lowest BCUT2D eigenvalue weighted by atomic mass is 10.0. The molecule has 0 radical (unpaired) electrons. The maximum absolute atomic E-state index is 12.7. The fourth-order valence-corrected chi connectivity index (χ4v) is 2.74. The van der Waals surface area contributed by atoms with Gasteiger partial charge in [0.15, 0.2) is 5.11 Å². The van der Waals surface area contributed by atoms with Crippen LogP contribution in [0.1, 0.15) is 35.2 Å². The average Bonchev–Trinajstić information content (AvgIpc) is 2.49. The highest BCUT2D eigenvalue weighted by atomic mass is 32.1. The Morgan fingerprint density at radius 2 is 1.79 bits per heavy atom. The Kier molecular flexibility index (Phi) is 5.49. The lowest BCUT2D eigenvalue weighted by Crippen LogP contribution is -2.31. The molecule has 2 N–H and O–H groups in total. The maximum atomic E-state index is 12.7. The maximum Gasteiger partial charge on any atom is 0.416 e. The molecule has 0 unspecified atom stereocenters. The van der Waals surface area contributed by atoms with Crippen LogP contribution in [-0.2, 0) is 6.18 Å². The SMILES string of the molecule is Cc1ccc(C)c([C@@H](C)NC(=S)Nc2cccc(C(F)(F)F)c2)c1. The van der Waals surface area contributed by atoms with E-state index in [1.54, 1.807) is 6.07 Å². The van der Waals surface area contributed by atoms with Gasteiger partial charge in [0.25, 0.3) is 0 Å². The topological polar surface area (TPSA) is 24.1 Å². The summed E-state index contributed by atoms with van der Waals surface area (Å²) < 4.78 is 38.2. The first kappa shape index (κ1) is 18.3. The van der Waals surface area contributed by atoms with Gasteiger partial charge in [-0.25, -0.2) is 0 Å². The minimum atomic E-state index is -4.38. The van der Waals surface area contributed by atoms with Crippen LogP contribution in [0, 0.1) is 13.8 Å². The first-order chi connectivity index (χ1) is 11.2. The predicted octanol–water partition coefficient (Wildman–Crippen LogP) is 5.37. The van der Waals surface area contributed by atoms with Gasteiger partial charge in [0.05, 0.1) is 11.6 Å². The molecule has 0 amide bonds. The van der Waals surface area contributed by atoms with Gasteiger partial charge in [0, 0.05) is 5.69 Å². The summed E-state index contributed by atoms with van der Waals surface area (Å²) >= 11 is 5.22. The zero-order valence-corrected chi connectivity index (χ0v) is 14.5. The molecule has 24 heavy (non-hydrogen) atoms. The fraction of sp³-hybridized carbons (Fsp3) is 0.278. The molecule has 1 atom stereocenters. The minimum absolute atomic E-state index is 0.0595. The molecule has 0 fully saturated rings. The number of aryl methyl sites for hydroxylation is 2. The van der Waals surface area contributed by atoms with E-state index in [0.29, 0.717) is 5.69 Å². The summed E-state index contributed by atoms with van der Waals surface area (Å²) in [5.41, 5.74) is 2.96. The number of alkyl halides is 3. The lowest BCUT2D eigenvalue weighted by molar-refractivity contribution is -0.137. The Balaban J connectivity index is 2.07. The summed E-state index contributed by atoms with van der Waals surface area (Å²) in [6.45, 7) is 5.98. The van der Waals surface area contributed by atoms with Crippen LogP contribution in [0.25, 0.3) is 0 Å².